The molecule has 154 valence electrons. The van der Waals surface area contributed by atoms with Crippen LogP contribution in [-0.4, -0.2) is 58.6 Å². The van der Waals surface area contributed by atoms with Gasteiger partial charge in [0.1, 0.15) is 6.10 Å². The van der Waals surface area contributed by atoms with Gasteiger partial charge in [-0.05, 0) is 32.1 Å². The van der Waals surface area contributed by atoms with Gasteiger partial charge in [0, 0.05) is 0 Å². The van der Waals surface area contributed by atoms with Gasteiger partial charge in [-0.2, -0.15) is 0 Å². The molecule has 2 aliphatic heterocycles. The van der Waals surface area contributed by atoms with Gasteiger partial charge >= 0.3 is 0 Å². The standard InChI is InChI=1S/C21H40O5/c1-2-3-4-5-6-7-8-9-10-16(23)18-11-13-20(25-18)21-14-12-19(26-21)17(24)15-22/h16-24H,2-15H2,1H3/t16-,17+,18-,19+,20+,21-/m0/s1. The number of aliphatic hydroxyl groups is 3. The summed E-state index contributed by atoms with van der Waals surface area (Å²) in [6.07, 6.45) is 12.9. The fourth-order valence-corrected chi connectivity index (χ4v) is 4.28. The average Bonchev–Trinajstić information content (AvgIpc) is 3.32. The molecule has 2 fully saturated rings. The van der Waals surface area contributed by atoms with E-state index in [1.54, 1.807) is 0 Å². The largest absolute Gasteiger partial charge is 0.394 e. The maximum absolute atomic E-state index is 10.4. The summed E-state index contributed by atoms with van der Waals surface area (Å²) < 4.78 is 11.9. The van der Waals surface area contributed by atoms with E-state index in [-0.39, 0.29) is 37.1 Å². The second-order valence-electron chi connectivity index (χ2n) is 8.16. The third-order valence-electron chi connectivity index (χ3n) is 5.98. The molecule has 5 nitrogen and oxygen atoms in total. The van der Waals surface area contributed by atoms with Gasteiger partial charge in [0.2, 0.25) is 0 Å². The van der Waals surface area contributed by atoms with Crippen molar-refractivity contribution in [2.45, 2.75) is 127 Å². The van der Waals surface area contributed by atoms with Gasteiger partial charge in [-0.3, -0.25) is 0 Å². The predicted octanol–water partition coefficient (Wildman–Crippen LogP) is 3.33. The molecule has 0 radical (unpaired) electrons. The number of hydrogen-bond acceptors (Lipinski definition) is 5. The van der Waals surface area contributed by atoms with Gasteiger partial charge in [-0.1, -0.05) is 58.3 Å². The van der Waals surface area contributed by atoms with Gasteiger partial charge in [-0.25, -0.2) is 0 Å². The lowest BCUT2D eigenvalue weighted by molar-refractivity contribution is -0.114. The number of hydrogen-bond donors (Lipinski definition) is 3. The average molecular weight is 373 g/mol. The third kappa shape index (κ3) is 7.08. The van der Waals surface area contributed by atoms with Crippen molar-refractivity contribution in [1.29, 1.82) is 0 Å². The van der Waals surface area contributed by atoms with Crippen molar-refractivity contribution in [3.8, 4) is 0 Å². The Bertz CT molecular complexity index is 364. The van der Waals surface area contributed by atoms with Crippen molar-refractivity contribution in [3.05, 3.63) is 0 Å². The third-order valence-corrected chi connectivity index (χ3v) is 5.98. The van der Waals surface area contributed by atoms with Crippen LogP contribution in [0.15, 0.2) is 0 Å². The second kappa shape index (κ2) is 12.3. The first-order valence-corrected chi connectivity index (χ1v) is 10.9. The molecule has 0 amide bonds. The molecule has 2 heterocycles. The molecule has 0 aromatic carbocycles. The summed E-state index contributed by atoms with van der Waals surface area (Å²) in [6.45, 7) is 1.98. The van der Waals surface area contributed by atoms with Gasteiger partial charge in [0.05, 0.1) is 37.1 Å². The summed E-state index contributed by atoms with van der Waals surface area (Å²) in [7, 11) is 0. The minimum absolute atomic E-state index is 0.0125. The molecule has 0 aromatic heterocycles. The molecule has 0 unspecified atom stereocenters. The van der Waals surface area contributed by atoms with Crippen LogP contribution in [0.25, 0.3) is 0 Å². The summed E-state index contributed by atoms with van der Waals surface area (Å²) in [5, 5.41) is 29.2. The lowest BCUT2D eigenvalue weighted by Crippen LogP contribution is -2.34. The van der Waals surface area contributed by atoms with E-state index in [1.807, 2.05) is 0 Å². The highest BCUT2D eigenvalue weighted by Crippen LogP contribution is 2.33. The summed E-state index contributed by atoms with van der Waals surface area (Å²) in [4.78, 5) is 0. The molecule has 0 bridgehead atoms. The topological polar surface area (TPSA) is 79.2 Å². The Hall–Kier alpha value is -0.200. The van der Waals surface area contributed by atoms with Crippen molar-refractivity contribution in [2.75, 3.05) is 6.61 Å². The first-order valence-electron chi connectivity index (χ1n) is 10.9. The SMILES string of the molecule is CCCCCCCCCC[C@H](O)[C@@H]1CC[C@H]([C@@H]2CC[C@H]([C@H](O)CO)O2)O1. The predicted molar refractivity (Wildman–Crippen MR) is 102 cm³/mol. The van der Waals surface area contributed by atoms with E-state index in [1.165, 1.54) is 44.9 Å². The Morgan fingerprint density at radius 3 is 1.77 bits per heavy atom. The quantitative estimate of drug-likeness (QED) is 0.432. The van der Waals surface area contributed by atoms with Crippen molar-refractivity contribution in [2.24, 2.45) is 0 Å². The highest BCUT2D eigenvalue weighted by atomic mass is 16.6. The molecule has 2 saturated heterocycles. The lowest BCUT2D eigenvalue weighted by Gasteiger charge is -2.23. The number of unbranched alkanes of at least 4 members (excludes halogenated alkanes) is 7. The van der Waals surface area contributed by atoms with Crippen molar-refractivity contribution < 1.29 is 24.8 Å². The van der Waals surface area contributed by atoms with E-state index in [4.69, 9.17) is 14.6 Å². The zero-order valence-corrected chi connectivity index (χ0v) is 16.5. The van der Waals surface area contributed by atoms with Crippen LogP contribution >= 0.6 is 0 Å². The van der Waals surface area contributed by atoms with E-state index >= 15 is 0 Å². The molecule has 3 N–H and O–H groups in total. The molecule has 5 heteroatoms. The Kier molecular flexibility index (Phi) is 10.4. The maximum Gasteiger partial charge on any atom is 0.103 e. The van der Waals surface area contributed by atoms with Crippen LogP contribution in [0, 0.1) is 0 Å². The smallest absolute Gasteiger partial charge is 0.103 e. The summed E-state index contributed by atoms with van der Waals surface area (Å²) in [6, 6.07) is 0. The van der Waals surface area contributed by atoms with Crippen LogP contribution in [0.3, 0.4) is 0 Å². The molecule has 0 aliphatic carbocycles. The number of rotatable bonds is 13. The lowest BCUT2D eigenvalue weighted by atomic mass is 10.0. The van der Waals surface area contributed by atoms with Gasteiger partial charge in [-0.15, -0.1) is 0 Å². The van der Waals surface area contributed by atoms with Crippen LogP contribution in [0.2, 0.25) is 0 Å². The summed E-state index contributed by atoms with van der Waals surface area (Å²) in [5.41, 5.74) is 0. The van der Waals surface area contributed by atoms with Crippen LogP contribution in [0.5, 0.6) is 0 Å². The molecule has 2 rings (SSSR count). The highest BCUT2D eigenvalue weighted by molar-refractivity contribution is 4.89. The van der Waals surface area contributed by atoms with E-state index in [0.717, 1.165) is 38.5 Å². The zero-order valence-electron chi connectivity index (χ0n) is 16.5. The molecule has 0 saturated carbocycles. The summed E-state index contributed by atoms with van der Waals surface area (Å²) in [5.74, 6) is 0. The van der Waals surface area contributed by atoms with Crippen LogP contribution in [0.1, 0.15) is 90.4 Å². The van der Waals surface area contributed by atoms with Gasteiger partial charge in [0.15, 0.2) is 0 Å². The molecule has 0 aromatic rings. The van der Waals surface area contributed by atoms with E-state index < -0.39 is 6.10 Å². The molecule has 6 atom stereocenters. The monoisotopic (exact) mass is 372 g/mol. The first kappa shape index (κ1) is 22.1. The fourth-order valence-electron chi connectivity index (χ4n) is 4.28. The maximum atomic E-state index is 10.4. The second-order valence-corrected chi connectivity index (χ2v) is 8.16. The zero-order chi connectivity index (χ0) is 18.8. The Morgan fingerprint density at radius 1 is 0.731 bits per heavy atom. The van der Waals surface area contributed by atoms with E-state index in [2.05, 4.69) is 6.92 Å². The summed E-state index contributed by atoms with van der Waals surface area (Å²) >= 11 is 0. The molecule has 0 spiro atoms. The van der Waals surface area contributed by atoms with E-state index in [9.17, 15) is 10.2 Å². The minimum Gasteiger partial charge on any atom is -0.394 e. The normalized spacial score (nSPS) is 31.4. The Labute approximate surface area is 159 Å². The Morgan fingerprint density at radius 2 is 1.23 bits per heavy atom. The minimum atomic E-state index is -0.801. The van der Waals surface area contributed by atoms with Crippen LogP contribution in [-0.2, 0) is 9.47 Å². The van der Waals surface area contributed by atoms with Crippen molar-refractivity contribution in [3.63, 3.8) is 0 Å². The number of aliphatic hydroxyl groups excluding tert-OH is 3. The van der Waals surface area contributed by atoms with E-state index in [0.29, 0.717) is 0 Å². The molecular weight excluding hydrogens is 332 g/mol. The van der Waals surface area contributed by atoms with Crippen LogP contribution in [0.4, 0.5) is 0 Å². The Balaban J connectivity index is 1.55. The van der Waals surface area contributed by atoms with Crippen molar-refractivity contribution >= 4 is 0 Å². The van der Waals surface area contributed by atoms with Gasteiger partial charge < -0.3 is 24.8 Å². The fraction of sp³-hybridized carbons (Fsp3) is 1.00. The van der Waals surface area contributed by atoms with Gasteiger partial charge in [0.25, 0.3) is 0 Å². The highest BCUT2D eigenvalue weighted by Gasteiger charge is 2.40. The molecular formula is C21H40O5. The first-order chi connectivity index (χ1) is 12.7. The van der Waals surface area contributed by atoms with Crippen molar-refractivity contribution in [1.82, 2.24) is 0 Å². The molecule has 2 aliphatic rings. The molecule has 26 heavy (non-hydrogen) atoms. The van der Waals surface area contributed by atoms with Crippen LogP contribution < -0.4 is 0 Å². The number of ether oxygens (including phenoxy) is 2.